The van der Waals surface area contributed by atoms with Crippen molar-refractivity contribution >= 4 is 17.1 Å². The molecule has 0 saturated heterocycles. The van der Waals surface area contributed by atoms with E-state index in [1.807, 2.05) is 42.5 Å². The van der Waals surface area contributed by atoms with Crippen molar-refractivity contribution in [2.75, 3.05) is 18.0 Å². The summed E-state index contributed by atoms with van der Waals surface area (Å²) in [5.41, 5.74) is 3.02. The van der Waals surface area contributed by atoms with E-state index < -0.39 is 0 Å². The Kier molecular flexibility index (Phi) is 5.95. The molecule has 3 nitrogen and oxygen atoms in total. The molecule has 0 unspecified atom stereocenters. The molecule has 2 rings (SSSR count). The summed E-state index contributed by atoms with van der Waals surface area (Å²) in [6.07, 6.45) is 2.32. The maximum atomic E-state index is 4.28. The van der Waals surface area contributed by atoms with Gasteiger partial charge < -0.3 is 4.90 Å². The Balaban J connectivity index is 2.06. The van der Waals surface area contributed by atoms with Crippen molar-refractivity contribution in [3.8, 4) is 0 Å². The Bertz CT molecular complexity index is 540. The Labute approximate surface area is 127 Å². The predicted molar refractivity (Wildman–Crippen MR) is 89.9 cm³/mol. The van der Waals surface area contributed by atoms with Crippen LogP contribution in [0, 0.1) is 0 Å². The van der Waals surface area contributed by atoms with E-state index in [0.29, 0.717) is 0 Å². The molecule has 2 aromatic carbocycles. The average Bonchev–Trinajstić information content (AvgIpc) is 2.54. The molecule has 0 N–H and O–H groups in total. The molecule has 0 amide bonds. The van der Waals surface area contributed by atoms with E-state index >= 15 is 0 Å². The SMILES string of the molecule is CCCN(CCC)c1ccc(N=Nc2ccccc2)cc1. The molecule has 110 valence electrons. The lowest BCUT2D eigenvalue weighted by molar-refractivity contribution is 0.745. The van der Waals surface area contributed by atoms with Crippen molar-refractivity contribution in [2.24, 2.45) is 10.2 Å². The molecule has 0 aliphatic rings. The molecule has 0 saturated carbocycles. The van der Waals surface area contributed by atoms with Crippen LogP contribution >= 0.6 is 0 Å². The largest absolute Gasteiger partial charge is 0.372 e. The fourth-order valence-electron chi connectivity index (χ4n) is 2.25. The summed E-state index contributed by atoms with van der Waals surface area (Å²) in [4.78, 5) is 2.41. The highest BCUT2D eigenvalue weighted by molar-refractivity contribution is 5.52. The minimum atomic E-state index is 0.875. The first kappa shape index (κ1) is 15.2. The maximum Gasteiger partial charge on any atom is 0.0858 e. The molecule has 3 heteroatoms. The molecule has 0 heterocycles. The Morgan fingerprint density at radius 2 is 1.24 bits per heavy atom. The third-order valence-electron chi connectivity index (χ3n) is 3.24. The van der Waals surface area contributed by atoms with Crippen molar-refractivity contribution in [1.29, 1.82) is 0 Å². The number of hydrogen-bond donors (Lipinski definition) is 0. The van der Waals surface area contributed by atoms with Crippen molar-refractivity contribution < 1.29 is 0 Å². The molecule has 2 aromatic rings. The summed E-state index contributed by atoms with van der Waals surface area (Å²) in [5.74, 6) is 0. The highest BCUT2D eigenvalue weighted by Gasteiger charge is 2.03. The number of nitrogens with zero attached hydrogens (tertiary/aromatic N) is 3. The van der Waals surface area contributed by atoms with E-state index in [1.165, 1.54) is 5.69 Å². The fourth-order valence-corrected chi connectivity index (χ4v) is 2.25. The van der Waals surface area contributed by atoms with Gasteiger partial charge in [-0.2, -0.15) is 10.2 Å². The number of benzene rings is 2. The van der Waals surface area contributed by atoms with Crippen molar-refractivity contribution in [1.82, 2.24) is 0 Å². The molecule has 21 heavy (non-hydrogen) atoms. The Morgan fingerprint density at radius 1 is 0.714 bits per heavy atom. The van der Waals surface area contributed by atoms with Gasteiger partial charge in [0, 0.05) is 18.8 Å². The van der Waals surface area contributed by atoms with Crippen LogP contribution in [-0.4, -0.2) is 13.1 Å². The van der Waals surface area contributed by atoms with Crippen molar-refractivity contribution in [3.05, 3.63) is 54.6 Å². The van der Waals surface area contributed by atoms with E-state index in [9.17, 15) is 0 Å². The van der Waals surface area contributed by atoms with Gasteiger partial charge in [0.2, 0.25) is 0 Å². The molecule has 0 spiro atoms. The lowest BCUT2D eigenvalue weighted by atomic mass is 10.2. The Morgan fingerprint density at radius 3 is 1.76 bits per heavy atom. The van der Waals surface area contributed by atoms with Gasteiger partial charge in [-0.3, -0.25) is 0 Å². The zero-order valence-electron chi connectivity index (χ0n) is 12.9. The summed E-state index contributed by atoms with van der Waals surface area (Å²) in [5, 5.41) is 8.51. The maximum absolute atomic E-state index is 4.28. The monoisotopic (exact) mass is 281 g/mol. The molecule has 0 fully saturated rings. The predicted octanol–water partition coefficient (Wildman–Crippen LogP) is 5.73. The van der Waals surface area contributed by atoms with E-state index in [-0.39, 0.29) is 0 Å². The van der Waals surface area contributed by atoms with Gasteiger partial charge in [-0.05, 0) is 49.2 Å². The van der Waals surface area contributed by atoms with Gasteiger partial charge in [-0.25, -0.2) is 0 Å². The fraction of sp³-hybridized carbons (Fsp3) is 0.333. The van der Waals surface area contributed by atoms with Gasteiger partial charge in [0.15, 0.2) is 0 Å². The van der Waals surface area contributed by atoms with Gasteiger partial charge in [0.05, 0.1) is 11.4 Å². The van der Waals surface area contributed by atoms with Crippen LogP contribution in [0.3, 0.4) is 0 Å². The van der Waals surface area contributed by atoms with Crippen LogP contribution in [0.15, 0.2) is 64.8 Å². The zero-order valence-corrected chi connectivity index (χ0v) is 12.9. The van der Waals surface area contributed by atoms with E-state index in [0.717, 1.165) is 37.3 Å². The summed E-state index contributed by atoms with van der Waals surface area (Å²) < 4.78 is 0. The van der Waals surface area contributed by atoms with E-state index in [2.05, 4.69) is 41.1 Å². The number of azo groups is 1. The first-order valence-electron chi connectivity index (χ1n) is 7.65. The lowest BCUT2D eigenvalue weighted by Gasteiger charge is -2.23. The molecule has 0 aromatic heterocycles. The van der Waals surface area contributed by atoms with Gasteiger partial charge in [-0.1, -0.05) is 32.0 Å². The van der Waals surface area contributed by atoms with Crippen LogP contribution in [0.5, 0.6) is 0 Å². The summed E-state index contributed by atoms with van der Waals surface area (Å²) in [6.45, 7) is 6.62. The minimum absolute atomic E-state index is 0.875. The minimum Gasteiger partial charge on any atom is -0.372 e. The van der Waals surface area contributed by atoms with Gasteiger partial charge in [0.1, 0.15) is 0 Å². The standard InChI is InChI=1S/C18H23N3/c1-3-14-21(15-4-2)18-12-10-17(11-13-18)20-19-16-8-6-5-7-9-16/h5-13H,3-4,14-15H2,1-2H3. The third-order valence-corrected chi connectivity index (χ3v) is 3.24. The van der Waals surface area contributed by atoms with Crippen LogP contribution in [0.4, 0.5) is 17.1 Å². The van der Waals surface area contributed by atoms with Gasteiger partial charge in [0.25, 0.3) is 0 Å². The second-order valence-electron chi connectivity index (χ2n) is 5.04. The zero-order chi connectivity index (χ0) is 14.9. The highest BCUT2D eigenvalue weighted by atomic mass is 15.1. The summed E-state index contributed by atoms with van der Waals surface area (Å²) in [7, 11) is 0. The summed E-state index contributed by atoms with van der Waals surface area (Å²) in [6, 6.07) is 18.1. The molecular weight excluding hydrogens is 258 g/mol. The molecular formula is C18H23N3. The van der Waals surface area contributed by atoms with E-state index in [1.54, 1.807) is 0 Å². The first-order chi connectivity index (χ1) is 10.3. The third kappa shape index (κ3) is 4.71. The number of anilines is 1. The van der Waals surface area contributed by atoms with Crippen LogP contribution in [-0.2, 0) is 0 Å². The number of hydrogen-bond acceptors (Lipinski definition) is 3. The topological polar surface area (TPSA) is 28.0 Å². The average molecular weight is 281 g/mol. The van der Waals surface area contributed by atoms with Gasteiger partial charge >= 0.3 is 0 Å². The first-order valence-corrected chi connectivity index (χ1v) is 7.65. The van der Waals surface area contributed by atoms with Crippen molar-refractivity contribution in [3.63, 3.8) is 0 Å². The second kappa shape index (κ2) is 8.20. The molecule has 0 aliphatic carbocycles. The summed E-state index contributed by atoms with van der Waals surface area (Å²) >= 11 is 0. The molecule has 0 atom stereocenters. The van der Waals surface area contributed by atoms with Crippen LogP contribution in [0.2, 0.25) is 0 Å². The smallest absolute Gasteiger partial charge is 0.0858 e. The normalized spacial score (nSPS) is 11.0. The molecule has 0 bridgehead atoms. The van der Waals surface area contributed by atoms with E-state index in [4.69, 9.17) is 0 Å². The van der Waals surface area contributed by atoms with Crippen LogP contribution in [0.1, 0.15) is 26.7 Å². The number of rotatable bonds is 7. The van der Waals surface area contributed by atoms with Gasteiger partial charge in [-0.15, -0.1) is 0 Å². The molecule has 0 aliphatic heterocycles. The van der Waals surface area contributed by atoms with Crippen LogP contribution < -0.4 is 4.90 Å². The second-order valence-corrected chi connectivity index (χ2v) is 5.04. The van der Waals surface area contributed by atoms with Crippen LogP contribution in [0.25, 0.3) is 0 Å². The quantitative estimate of drug-likeness (QED) is 0.596. The highest BCUT2D eigenvalue weighted by Crippen LogP contribution is 2.22. The Hall–Kier alpha value is -2.16. The molecule has 0 radical (unpaired) electrons. The lowest BCUT2D eigenvalue weighted by Crippen LogP contribution is -2.24. The van der Waals surface area contributed by atoms with Crippen molar-refractivity contribution in [2.45, 2.75) is 26.7 Å².